The second-order valence-corrected chi connectivity index (χ2v) is 5.73. The van der Waals surface area contributed by atoms with E-state index in [1.54, 1.807) is 12.1 Å². The Bertz CT molecular complexity index is 807. The molecule has 0 amide bonds. The molecule has 0 fully saturated rings. The van der Waals surface area contributed by atoms with E-state index in [1.165, 1.54) is 6.07 Å². The highest BCUT2D eigenvalue weighted by molar-refractivity contribution is 7.86. The standard InChI is InChI=1S/C14H11NO4S/c16-8-11-5-10-6-12-9(7-13(10)19-14(11)17)3-1-2-4-20(18)15-12/h1,3,5-8,15H,2,4H2/b3-1-. The van der Waals surface area contributed by atoms with Crippen LogP contribution in [0.25, 0.3) is 17.0 Å². The summed E-state index contributed by atoms with van der Waals surface area (Å²) in [5.41, 5.74) is 1.21. The Kier molecular flexibility index (Phi) is 3.23. The molecule has 1 aromatic carbocycles. The summed E-state index contributed by atoms with van der Waals surface area (Å²) in [5, 5.41) is 0.615. The number of anilines is 1. The summed E-state index contributed by atoms with van der Waals surface area (Å²) in [5.74, 6) is 0.539. The van der Waals surface area contributed by atoms with Crippen molar-refractivity contribution in [2.24, 2.45) is 0 Å². The summed E-state index contributed by atoms with van der Waals surface area (Å²) in [6.45, 7) is 0. The summed E-state index contributed by atoms with van der Waals surface area (Å²) >= 11 is 0. The van der Waals surface area contributed by atoms with E-state index in [-0.39, 0.29) is 5.56 Å². The molecule has 0 radical (unpaired) electrons. The van der Waals surface area contributed by atoms with Crippen LogP contribution in [0.5, 0.6) is 0 Å². The lowest BCUT2D eigenvalue weighted by molar-refractivity contribution is 0.112. The topological polar surface area (TPSA) is 76.4 Å². The molecule has 3 rings (SSSR count). The Morgan fingerprint density at radius 3 is 2.95 bits per heavy atom. The zero-order chi connectivity index (χ0) is 14.1. The van der Waals surface area contributed by atoms with Crippen molar-refractivity contribution in [3.8, 4) is 0 Å². The van der Waals surface area contributed by atoms with Gasteiger partial charge in [0.1, 0.15) is 22.1 Å². The Labute approximate surface area is 116 Å². The average molecular weight is 289 g/mol. The van der Waals surface area contributed by atoms with Crippen molar-refractivity contribution in [3.63, 3.8) is 0 Å². The van der Waals surface area contributed by atoms with E-state index in [9.17, 15) is 13.8 Å². The first-order chi connectivity index (χ1) is 9.67. The number of hydrogen-bond acceptors (Lipinski definition) is 4. The molecule has 0 aliphatic carbocycles. The highest BCUT2D eigenvalue weighted by atomic mass is 32.2. The largest absolute Gasteiger partial charge is 0.422 e. The van der Waals surface area contributed by atoms with Gasteiger partial charge >= 0.3 is 5.63 Å². The van der Waals surface area contributed by atoms with Gasteiger partial charge in [-0.05, 0) is 24.6 Å². The van der Waals surface area contributed by atoms with Crippen LogP contribution < -0.4 is 10.3 Å². The van der Waals surface area contributed by atoms with E-state index in [4.69, 9.17) is 4.42 Å². The fraction of sp³-hybridized carbons (Fsp3) is 0.143. The van der Waals surface area contributed by atoms with Crippen LogP contribution in [0.3, 0.4) is 0 Å². The van der Waals surface area contributed by atoms with E-state index in [0.29, 0.717) is 35.1 Å². The smallest absolute Gasteiger partial charge is 0.346 e. The number of rotatable bonds is 1. The third-order valence-electron chi connectivity index (χ3n) is 3.05. The summed E-state index contributed by atoms with van der Waals surface area (Å²) in [4.78, 5) is 22.3. The Balaban J connectivity index is 2.26. The van der Waals surface area contributed by atoms with Crippen LogP contribution in [0.2, 0.25) is 0 Å². The number of allylic oxidation sites excluding steroid dienone is 1. The van der Waals surface area contributed by atoms with Gasteiger partial charge in [-0.2, -0.15) is 0 Å². The lowest BCUT2D eigenvalue weighted by Crippen LogP contribution is -2.11. The van der Waals surface area contributed by atoms with Crippen molar-refractivity contribution in [1.82, 2.24) is 0 Å². The van der Waals surface area contributed by atoms with Gasteiger partial charge in [-0.3, -0.25) is 4.79 Å². The number of carbonyl (C=O) groups is 1. The predicted octanol–water partition coefficient (Wildman–Crippen LogP) is 2.10. The van der Waals surface area contributed by atoms with Gasteiger partial charge in [0.05, 0.1) is 5.69 Å². The van der Waals surface area contributed by atoms with Gasteiger partial charge in [-0.25, -0.2) is 9.00 Å². The third-order valence-corrected chi connectivity index (χ3v) is 4.10. The van der Waals surface area contributed by atoms with Crippen molar-refractivity contribution < 1.29 is 13.4 Å². The molecule has 1 aliphatic rings. The molecule has 1 aromatic heterocycles. The maximum Gasteiger partial charge on any atom is 0.346 e. The molecule has 1 N–H and O–H groups in total. The zero-order valence-electron chi connectivity index (χ0n) is 10.4. The molecule has 0 spiro atoms. The number of hydrogen-bond donors (Lipinski definition) is 1. The fourth-order valence-electron chi connectivity index (χ4n) is 2.07. The molecule has 1 aliphatic heterocycles. The van der Waals surface area contributed by atoms with Crippen molar-refractivity contribution in [2.75, 3.05) is 10.5 Å². The molecule has 0 saturated heterocycles. The molecule has 2 aromatic rings. The normalized spacial score (nSPS) is 19.5. The maximum absolute atomic E-state index is 11.7. The molecule has 0 saturated carbocycles. The average Bonchev–Trinajstić information content (AvgIpc) is 2.41. The highest BCUT2D eigenvalue weighted by Gasteiger charge is 2.11. The molecule has 6 heteroatoms. The number of carbonyl (C=O) groups excluding carboxylic acids is 1. The fourth-order valence-corrected chi connectivity index (χ4v) is 2.94. The van der Waals surface area contributed by atoms with Crippen molar-refractivity contribution >= 4 is 40.0 Å². The number of benzene rings is 1. The van der Waals surface area contributed by atoms with Crippen LogP contribution in [-0.2, 0) is 11.0 Å². The van der Waals surface area contributed by atoms with Gasteiger partial charge < -0.3 is 9.14 Å². The minimum atomic E-state index is -1.15. The molecule has 20 heavy (non-hydrogen) atoms. The maximum atomic E-state index is 11.7. The van der Waals surface area contributed by atoms with Crippen LogP contribution in [0, 0.1) is 0 Å². The van der Waals surface area contributed by atoms with Crippen LogP contribution >= 0.6 is 0 Å². The van der Waals surface area contributed by atoms with Gasteiger partial charge in [-0.15, -0.1) is 0 Å². The molecule has 0 bridgehead atoms. The number of fused-ring (bicyclic) bond motifs is 2. The van der Waals surface area contributed by atoms with E-state index in [2.05, 4.69) is 4.72 Å². The summed E-state index contributed by atoms with van der Waals surface area (Å²) in [7, 11) is -1.15. The molecule has 102 valence electrons. The summed E-state index contributed by atoms with van der Waals surface area (Å²) in [6.07, 6.45) is 5.01. The van der Waals surface area contributed by atoms with Gasteiger partial charge in [0.15, 0.2) is 6.29 Å². The zero-order valence-corrected chi connectivity index (χ0v) is 11.2. The molecule has 1 atom stereocenters. The minimum absolute atomic E-state index is 0.0278. The predicted molar refractivity (Wildman–Crippen MR) is 78.2 cm³/mol. The minimum Gasteiger partial charge on any atom is -0.422 e. The van der Waals surface area contributed by atoms with E-state index in [1.807, 2.05) is 12.2 Å². The molecular weight excluding hydrogens is 278 g/mol. The number of aldehydes is 1. The van der Waals surface area contributed by atoms with Gasteiger partial charge in [-0.1, -0.05) is 12.2 Å². The van der Waals surface area contributed by atoms with Crippen LogP contribution in [0.15, 0.2) is 33.5 Å². The third kappa shape index (κ3) is 2.30. The first-order valence-electron chi connectivity index (χ1n) is 6.06. The van der Waals surface area contributed by atoms with Crippen molar-refractivity contribution in [2.45, 2.75) is 6.42 Å². The van der Waals surface area contributed by atoms with Crippen molar-refractivity contribution in [1.29, 1.82) is 0 Å². The second-order valence-electron chi connectivity index (χ2n) is 4.43. The van der Waals surface area contributed by atoms with Crippen LogP contribution in [0.4, 0.5) is 5.69 Å². The van der Waals surface area contributed by atoms with E-state index in [0.717, 1.165) is 5.56 Å². The SMILES string of the molecule is O=Cc1cc2cc3c(cc2oc1=O)/C=C\CCS(=O)N3. The lowest BCUT2D eigenvalue weighted by atomic mass is 10.1. The monoisotopic (exact) mass is 289 g/mol. The lowest BCUT2D eigenvalue weighted by Gasteiger charge is -2.12. The first kappa shape index (κ1) is 12.8. The highest BCUT2D eigenvalue weighted by Crippen LogP contribution is 2.26. The van der Waals surface area contributed by atoms with Gasteiger partial charge in [0, 0.05) is 16.7 Å². The Morgan fingerprint density at radius 1 is 1.30 bits per heavy atom. The van der Waals surface area contributed by atoms with Crippen molar-refractivity contribution in [3.05, 3.63) is 45.8 Å². The van der Waals surface area contributed by atoms with Gasteiger partial charge in [0.2, 0.25) is 0 Å². The van der Waals surface area contributed by atoms with Gasteiger partial charge in [0.25, 0.3) is 0 Å². The number of nitrogens with one attached hydrogen (secondary N) is 1. The molecule has 1 unspecified atom stereocenters. The Morgan fingerprint density at radius 2 is 2.15 bits per heavy atom. The second kappa shape index (κ2) is 5.05. The first-order valence-corrected chi connectivity index (χ1v) is 7.38. The molecular formula is C14H11NO4S. The molecule has 2 heterocycles. The Hall–Kier alpha value is -2.21. The van der Waals surface area contributed by atoms with E-state index >= 15 is 0 Å². The van der Waals surface area contributed by atoms with Crippen LogP contribution in [-0.4, -0.2) is 16.2 Å². The molecule has 5 nitrogen and oxygen atoms in total. The van der Waals surface area contributed by atoms with Crippen LogP contribution in [0.1, 0.15) is 22.3 Å². The summed E-state index contributed by atoms with van der Waals surface area (Å²) in [6, 6.07) is 4.91. The van der Waals surface area contributed by atoms with E-state index < -0.39 is 16.6 Å². The quantitative estimate of drug-likeness (QED) is 0.644. The summed E-state index contributed by atoms with van der Waals surface area (Å²) < 4.78 is 19.8.